The summed E-state index contributed by atoms with van der Waals surface area (Å²) in [5.74, 6) is 1.17. The summed E-state index contributed by atoms with van der Waals surface area (Å²) in [6, 6.07) is 6.86. The van der Waals surface area contributed by atoms with Gasteiger partial charge in [0.25, 0.3) is 0 Å². The molecule has 2 aliphatic heterocycles. The Balaban J connectivity index is 1.21. The van der Waals surface area contributed by atoms with Gasteiger partial charge in [-0.05, 0) is 49.8 Å². The Hall–Kier alpha value is -2.69. The molecule has 0 radical (unpaired) electrons. The van der Waals surface area contributed by atoms with E-state index in [0.29, 0.717) is 0 Å². The molecule has 1 unspecified atom stereocenters. The summed E-state index contributed by atoms with van der Waals surface area (Å²) in [7, 11) is 2.06. The molecule has 3 fully saturated rings. The van der Waals surface area contributed by atoms with Gasteiger partial charge in [0.2, 0.25) is 0 Å². The first-order valence-electron chi connectivity index (χ1n) is 13.3. The Morgan fingerprint density at radius 1 is 1.06 bits per heavy atom. The van der Waals surface area contributed by atoms with Crippen LogP contribution >= 0.6 is 0 Å². The van der Waals surface area contributed by atoms with Crippen LogP contribution in [0.4, 0.5) is 5.69 Å². The van der Waals surface area contributed by atoms with Gasteiger partial charge in [0.15, 0.2) is 0 Å². The van der Waals surface area contributed by atoms with Crippen LogP contribution in [0.1, 0.15) is 69.4 Å². The number of fused-ring (bicyclic) bond motifs is 1. The Bertz CT molecular complexity index is 1070. The van der Waals surface area contributed by atoms with Crippen LogP contribution in [0.2, 0.25) is 0 Å². The molecule has 1 aliphatic carbocycles. The van der Waals surface area contributed by atoms with Crippen LogP contribution in [-0.4, -0.2) is 40.9 Å². The van der Waals surface area contributed by atoms with Crippen LogP contribution < -0.4 is 10.2 Å². The largest absolute Gasteiger partial charge is 0.372 e. The second-order valence-electron chi connectivity index (χ2n) is 10.6. The van der Waals surface area contributed by atoms with Crippen LogP contribution in [0, 0.1) is 5.92 Å². The third-order valence-electron chi connectivity index (χ3n) is 8.34. The summed E-state index contributed by atoms with van der Waals surface area (Å²) in [5, 5.41) is 9.50. The van der Waals surface area contributed by atoms with Crippen molar-refractivity contribution >= 4 is 16.6 Å². The monoisotopic (exact) mass is 459 g/mol. The van der Waals surface area contributed by atoms with E-state index in [4.69, 9.17) is 5.10 Å². The second-order valence-corrected chi connectivity index (χ2v) is 10.6. The van der Waals surface area contributed by atoms with E-state index < -0.39 is 0 Å². The Morgan fingerprint density at radius 3 is 2.56 bits per heavy atom. The zero-order valence-corrected chi connectivity index (χ0v) is 21.0. The number of nitrogens with zero attached hydrogens (tertiary/aromatic N) is 4. The maximum Gasteiger partial charge on any atom is 0.0792 e. The molecule has 1 N–H and O–H groups in total. The number of nitrogens with one attached hydrogen (secondary N) is 1. The van der Waals surface area contributed by atoms with Crippen molar-refractivity contribution in [2.75, 3.05) is 31.1 Å². The summed E-state index contributed by atoms with van der Waals surface area (Å²) in [4.78, 5) is 5.04. The molecule has 5 nitrogen and oxygen atoms in total. The molecule has 2 saturated heterocycles. The fourth-order valence-electron chi connectivity index (χ4n) is 6.18. The number of piperazine rings is 1. The van der Waals surface area contributed by atoms with E-state index in [1.807, 2.05) is 4.68 Å². The smallest absolute Gasteiger partial charge is 0.0792 e. The van der Waals surface area contributed by atoms with Gasteiger partial charge in [0, 0.05) is 67.3 Å². The molecule has 2 aromatic rings. The van der Waals surface area contributed by atoms with Gasteiger partial charge in [-0.25, -0.2) is 0 Å². The van der Waals surface area contributed by atoms with Crippen LogP contribution in [0.25, 0.3) is 10.9 Å². The minimum absolute atomic E-state index is 0.239. The highest BCUT2D eigenvalue weighted by Crippen LogP contribution is 2.37. The summed E-state index contributed by atoms with van der Waals surface area (Å²) < 4.78 is 2.04. The Morgan fingerprint density at radius 2 is 1.82 bits per heavy atom. The molecule has 1 atom stereocenters. The molecular formula is C29H41N5. The zero-order chi connectivity index (χ0) is 23.7. The van der Waals surface area contributed by atoms with Crippen molar-refractivity contribution in [2.45, 2.75) is 63.7 Å². The number of anilines is 1. The lowest BCUT2D eigenvalue weighted by Gasteiger charge is -2.38. The number of aryl methyl sites for hydroxylation is 1. The number of hydrogen-bond acceptors (Lipinski definition) is 4. The van der Waals surface area contributed by atoms with Crippen molar-refractivity contribution in [2.24, 2.45) is 13.0 Å². The van der Waals surface area contributed by atoms with Gasteiger partial charge in [-0.3, -0.25) is 4.68 Å². The first-order chi connectivity index (χ1) is 16.5. The van der Waals surface area contributed by atoms with Crippen molar-refractivity contribution in [3.8, 4) is 0 Å². The van der Waals surface area contributed by atoms with Gasteiger partial charge in [0.1, 0.15) is 0 Å². The Labute approximate surface area is 205 Å². The SMILES string of the molecule is C=C1CCC(c2nn(C)c3cc(N4CCN(C(=C)CCC5CCCCC5)CC4)ccc23)C(=C)N1. The third-order valence-corrected chi connectivity index (χ3v) is 8.34. The van der Waals surface area contributed by atoms with Gasteiger partial charge in [0.05, 0.1) is 11.2 Å². The van der Waals surface area contributed by atoms with Gasteiger partial charge >= 0.3 is 0 Å². The fraction of sp³-hybridized carbons (Fsp3) is 0.552. The normalized spacial score (nSPS) is 22.3. The first kappa shape index (κ1) is 23.1. The number of rotatable bonds is 6. The van der Waals surface area contributed by atoms with Crippen molar-refractivity contribution in [1.29, 1.82) is 0 Å². The van der Waals surface area contributed by atoms with Crippen molar-refractivity contribution in [3.63, 3.8) is 0 Å². The summed E-state index contributed by atoms with van der Waals surface area (Å²) in [6.07, 6.45) is 11.6. The average Bonchev–Trinajstić information content (AvgIpc) is 3.19. The molecule has 1 saturated carbocycles. The van der Waals surface area contributed by atoms with Crippen LogP contribution in [-0.2, 0) is 7.05 Å². The molecule has 3 aliphatic rings. The number of allylic oxidation sites excluding steroid dienone is 3. The van der Waals surface area contributed by atoms with E-state index in [-0.39, 0.29) is 5.92 Å². The van der Waals surface area contributed by atoms with Gasteiger partial charge < -0.3 is 15.1 Å². The van der Waals surface area contributed by atoms with E-state index in [1.54, 1.807) is 0 Å². The quantitative estimate of drug-likeness (QED) is 0.569. The maximum absolute atomic E-state index is 4.92. The number of hydrogen-bond donors (Lipinski definition) is 1. The van der Waals surface area contributed by atoms with E-state index in [0.717, 1.165) is 62.0 Å². The minimum atomic E-state index is 0.239. The van der Waals surface area contributed by atoms with E-state index in [9.17, 15) is 0 Å². The van der Waals surface area contributed by atoms with Crippen molar-refractivity contribution in [1.82, 2.24) is 20.0 Å². The molecule has 3 heterocycles. The average molecular weight is 460 g/mol. The number of benzene rings is 1. The molecule has 0 amide bonds. The van der Waals surface area contributed by atoms with Crippen LogP contribution in [0.15, 0.2) is 55.0 Å². The highest BCUT2D eigenvalue weighted by atomic mass is 15.3. The minimum Gasteiger partial charge on any atom is -0.372 e. The molecule has 182 valence electrons. The molecule has 1 aromatic carbocycles. The second kappa shape index (κ2) is 9.89. The summed E-state index contributed by atoms with van der Waals surface area (Å²) in [6.45, 7) is 17.0. The van der Waals surface area contributed by atoms with Gasteiger partial charge in [-0.15, -0.1) is 0 Å². The lowest BCUT2D eigenvalue weighted by molar-refractivity contribution is 0.288. The highest BCUT2D eigenvalue weighted by Gasteiger charge is 2.26. The lowest BCUT2D eigenvalue weighted by Crippen LogP contribution is -2.45. The first-order valence-corrected chi connectivity index (χ1v) is 13.3. The topological polar surface area (TPSA) is 36.3 Å². The third kappa shape index (κ3) is 4.75. The van der Waals surface area contributed by atoms with Crippen molar-refractivity contribution < 1.29 is 0 Å². The summed E-state index contributed by atoms with van der Waals surface area (Å²) in [5.41, 5.74) is 7.04. The van der Waals surface area contributed by atoms with Crippen LogP contribution in [0.3, 0.4) is 0 Å². The Kier molecular flexibility index (Phi) is 6.71. The number of aromatic nitrogens is 2. The number of piperidine rings is 1. The fourth-order valence-corrected chi connectivity index (χ4v) is 6.18. The van der Waals surface area contributed by atoms with E-state index >= 15 is 0 Å². The van der Waals surface area contributed by atoms with Gasteiger partial charge in [-0.2, -0.15) is 5.10 Å². The molecule has 0 spiro atoms. The molecular weight excluding hydrogens is 418 g/mol. The summed E-state index contributed by atoms with van der Waals surface area (Å²) >= 11 is 0. The van der Waals surface area contributed by atoms with Crippen LogP contribution in [0.5, 0.6) is 0 Å². The maximum atomic E-state index is 4.92. The standard InChI is InChI=1S/C29H41N5/c1-21-10-14-26(23(3)30-21)29-27-15-13-25(20-28(27)32(4)31-29)34-18-16-33(17-19-34)22(2)11-12-24-8-6-5-7-9-24/h13,15,20,24,26,30H,1-3,5-12,14,16-19H2,4H3. The predicted octanol–water partition coefficient (Wildman–Crippen LogP) is 6.06. The zero-order valence-electron chi connectivity index (χ0n) is 21.0. The molecule has 0 bridgehead atoms. The lowest BCUT2D eigenvalue weighted by atomic mass is 9.86. The van der Waals surface area contributed by atoms with E-state index in [2.05, 4.69) is 60.1 Å². The molecule has 34 heavy (non-hydrogen) atoms. The molecule has 5 rings (SSSR count). The van der Waals surface area contributed by atoms with E-state index in [1.165, 1.54) is 67.2 Å². The van der Waals surface area contributed by atoms with Crippen molar-refractivity contribution in [3.05, 3.63) is 60.7 Å². The molecule has 1 aromatic heterocycles. The molecule has 5 heteroatoms. The predicted molar refractivity (Wildman–Crippen MR) is 143 cm³/mol. The highest BCUT2D eigenvalue weighted by molar-refractivity contribution is 5.86. The van der Waals surface area contributed by atoms with Gasteiger partial charge in [-0.1, -0.05) is 51.8 Å².